The number of carbonyl (C=O) groups excluding carboxylic acids is 2. The molecule has 122 valence electrons. The van der Waals surface area contributed by atoms with Crippen LogP contribution in [0.5, 0.6) is 0 Å². The van der Waals surface area contributed by atoms with E-state index in [1.807, 2.05) is 37.4 Å². The van der Waals surface area contributed by atoms with Gasteiger partial charge in [0.2, 0.25) is 5.78 Å². The van der Waals surface area contributed by atoms with Crippen molar-refractivity contribution in [3.8, 4) is 0 Å². The summed E-state index contributed by atoms with van der Waals surface area (Å²) >= 11 is 1.40. The maximum atomic E-state index is 12.0. The van der Waals surface area contributed by atoms with Crippen LogP contribution in [0.15, 0.2) is 54.9 Å². The summed E-state index contributed by atoms with van der Waals surface area (Å²) in [6.45, 7) is 2.32. The maximum Gasteiger partial charge on any atom is 0.338 e. The number of carbonyl (C=O) groups is 2. The topological polar surface area (TPSA) is 61.2 Å². The van der Waals surface area contributed by atoms with Crippen LogP contribution in [0.4, 0.5) is 0 Å². The zero-order valence-electron chi connectivity index (χ0n) is 13.1. The van der Waals surface area contributed by atoms with Gasteiger partial charge in [0.25, 0.3) is 0 Å². The molecule has 2 heterocycles. The van der Waals surface area contributed by atoms with E-state index in [1.54, 1.807) is 29.1 Å². The van der Waals surface area contributed by atoms with Crippen molar-refractivity contribution in [2.24, 2.45) is 0 Å². The number of hydrogen-bond donors (Lipinski definition) is 0. The van der Waals surface area contributed by atoms with E-state index in [9.17, 15) is 9.59 Å². The summed E-state index contributed by atoms with van der Waals surface area (Å²) < 4.78 is 6.90. The van der Waals surface area contributed by atoms with Crippen molar-refractivity contribution in [1.82, 2.24) is 9.78 Å². The Labute approximate surface area is 143 Å². The fraction of sp³-hybridized carbons (Fsp3) is 0.167. The van der Waals surface area contributed by atoms with Gasteiger partial charge in [-0.1, -0.05) is 12.1 Å². The van der Waals surface area contributed by atoms with Crippen molar-refractivity contribution in [2.45, 2.75) is 13.5 Å². The molecule has 0 aliphatic rings. The van der Waals surface area contributed by atoms with Crippen molar-refractivity contribution < 1.29 is 14.3 Å². The third kappa shape index (κ3) is 3.97. The van der Waals surface area contributed by atoms with Gasteiger partial charge < -0.3 is 4.74 Å². The van der Waals surface area contributed by atoms with Crippen LogP contribution in [-0.2, 0) is 11.3 Å². The Morgan fingerprint density at radius 3 is 2.58 bits per heavy atom. The fourth-order valence-corrected chi connectivity index (χ4v) is 2.99. The minimum absolute atomic E-state index is 0.184. The van der Waals surface area contributed by atoms with Crippen LogP contribution in [0.1, 0.15) is 30.5 Å². The van der Waals surface area contributed by atoms with E-state index in [-0.39, 0.29) is 12.4 Å². The van der Waals surface area contributed by atoms with Gasteiger partial charge in [-0.15, -0.1) is 11.3 Å². The van der Waals surface area contributed by atoms with Crippen molar-refractivity contribution in [3.63, 3.8) is 0 Å². The number of ketones is 1. The van der Waals surface area contributed by atoms with Crippen molar-refractivity contribution in [3.05, 3.63) is 75.7 Å². The molecule has 6 heteroatoms. The van der Waals surface area contributed by atoms with E-state index >= 15 is 0 Å². The second kappa shape index (κ2) is 7.23. The predicted molar refractivity (Wildman–Crippen MR) is 91.4 cm³/mol. The van der Waals surface area contributed by atoms with Gasteiger partial charge in [-0.25, -0.2) is 4.79 Å². The van der Waals surface area contributed by atoms with E-state index in [2.05, 4.69) is 5.10 Å². The fourth-order valence-electron chi connectivity index (χ4n) is 2.20. The molecule has 5 nitrogen and oxygen atoms in total. The molecule has 3 aromatic rings. The van der Waals surface area contributed by atoms with Gasteiger partial charge >= 0.3 is 5.97 Å². The summed E-state index contributed by atoms with van der Waals surface area (Å²) in [6, 6.07) is 12.6. The number of rotatable bonds is 6. The SMILES string of the molecule is Cc1ccc(C(=O)COC(=O)c2ccc(Cn3cccn3)cc2)s1. The molecule has 3 rings (SSSR count). The van der Waals surface area contributed by atoms with Crippen LogP contribution in [0, 0.1) is 6.92 Å². The number of hydrogen-bond acceptors (Lipinski definition) is 5. The number of aromatic nitrogens is 2. The average Bonchev–Trinajstić information content (AvgIpc) is 3.24. The van der Waals surface area contributed by atoms with E-state index in [1.165, 1.54) is 11.3 Å². The molecule has 24 heavy (non-hydrogen) atoms. The molecule has 0 spiro atoms. The Hall–Kier alpha value is -2.73. The number of aryl methyl sites for hydroxylation is 1. The largest absolute Gasteiger partial charge is 0.454 e. The third-order valence-electron chi connectivity index (χ3n) is 3.44. The first-order valence-electron chi connectivity index (χ1n) is 7.45. The summed E-state index contributed by atoms with van der Waals surface area (Å²) in [5, 5.41) is 4.14. The average molecular weight is 340 g/mol. The van der Waals surface area contributed by atoms with Gasteiger partial charge in [-0.2, -0.15) is 5.10 Å². The Balaban J connectivity index is 1.56. The molecule has 0 fully saturated rings. The minimum Gasteiger partial charge on any atom is -0.454 e. The second-order valence-electron chi connectivity index (χ2n) is 5.31. The second-order valence-corrected chi connectivity index (χ2v) is 6.60. The van der Waals surface area contributed by atoms with E-state index in [0.29, 0.717) is 17.0 Å². The Morgan fingerprint density at radius 1 is 1.17 bits per heavy atom. The molecule has 0 unspecified atom stereocenters. The van der Waals surface area contributed by atoms with Crippen LogP contribution in [0.25, 0.3) is 0 Å². The standard InChI is InChI=1S/C18H16N2O3S/c1-13-3-8-17(24-13)16(21)12-23-18(22)15-6-4-14(5-7-15)11-20-10-2-9-19-20/h2-10H,11-12H2,1H3. The minimum atomic E-state index is -0.498. The highest BCUT2D eigenvalue weighted by atomic mass is 32.1. The van der Waals surface area contributed by atoms with Gasteiger partial charge in [0.1, 0.15) is 0 Å². The molecule has 0 saturated heterocycles. The predicted octanol–water partition coefficient (Wildman–Crippen LogP) is 3.34. The summed E-state index contributed by atoms with van der Waals surface area (Å²) in [4.78, 5) is 25.6. The zero-order chi connectivity index (χ0) is 16.9. The highest BCUT2D eigenvalue weighted by molar-refractivity contribution is 7.14. The highest BCUT2D eigenvalue weighted by Crippen LogP contribution is 2.16. The van der Waals surface area contributed by atoms with Gasteiger partial charge in [-0.05, 0) is 42.8 Å². The lowest BCUT2D eigenvalue weighted by atomic mass is 10.1. The molecule has 0 aliphatic carbocycles. The highest BCUT2D eigenvalue weighted by Gasteiger charge is 2.13. The van der Waals surface area contributed by atoms with Crippen LogP contribution in [0.3, 0.4) is 0 Å². The summed E-state index contributed by atoms with van der Waals surface area (Å²) in [5.41, 5.74) is 1.45. The monoisotopic (exact) mass is 340 g/mol. The van der Waals surface area contributed by atoms with Gasteiger partial charge in [0, 0.05) is 17.3 Å². The number of ether oxygens (including phenoxy) is 1. The van der Waals surface area contributed by atoms with Crippen molar-refractivity contribution >= 4 is 23.1 Å². The number of esters is 1. The molecular formula is C18H16N2O3S. The van der Waals surface area contributed by atoms with Crippen LogP contribution in [0.2, 0.25) is 0 Å². The van der Waals surface area contributed by atoms with Crippen LogP contribution >= 0.6 is 11.3 Å². The van der Waals surface area contributed by atoms with Gasteiger partial charge in [-0.3, -0.25) is 9.48 Å². The smallest absolute Gasteiger partial charge is 0.338 e. The molecule has 0 aliphatic heterocycles. The molecule has 1 aromatic carbocycles. The number of nitrogens with zero attached hydrogens (tertiary/aromatic N) is 2. The number of thiophene rings is 1. The first-order valence-corrected chi connectivity index (χ1v) is 8.26. The summed E-state index contributed by atoms with van der Waals surface area (Å²) in [6.07, 6.45) is 3.60. The van der Waals surface area contributed by atoms with Crippen LogP contribution < -0.4 is 0 Å². The number of Topliss-reactive ketones (excluding diaryl/α,β-unsaturated/α-hetero) is 1. The lowest BCUT2D eigenvalue weighted by Crippen LogP contribution is -2.13. The van der Waals surface area contributed by atoms with Crippen LogP contribution in [-0.4, -0.2) is 28.1 Å². The molecule has 0 N–H and O–H groups in total. The van der Waals surface area contributed by atoms with E-state index < -0.39 is 5.97 Å². The van der Waals surface area contributed by atoms with Gasteiger partial charge in [0.15, 0.2) is 6.61 Å². The molecule has 0 amide bonds. The normalized spacial score (nSPS) is 10.5. The zero-order valence-corrected chi connectivity index (χ0v) is 14.0. The lowest BCUT2D eigenvalue weighted by Gasteiger charge is -2.05. The van der Waals surface area contributed by atoms with E-state index in [4.69, 9.17) is 4.74 Å². The Bertz CT molecular complexity index is 836. The lowest BCUT2D eigenvalue weighted by molar-refractivity contribution is 0.0476. The molecule has 0 saturated carbocycles. The van der Waals surface area contributed by atoms with Crippen molar-refractivity contribution in [2.75, 3.05) is 6.61 Å². The Kier molecular flexibility index (Phi) is 4.86. The molecule has 2 aromatic heterocycles. The molecule has 0 radical (unpaired) electrons. The van der Waals surface area contributed by atoms with Crippen molar-refractivity contribution in [1.29, 1.82) is 0 Å². The third-order valence-corrected chi connectivity index (χ3v) is 4.48. The summed E-state index contributed by atoms with van der Waals surface area (Å²) in [5.74, 6) is -0.681. The molecule has 0 atom stereocenters. The first kappa shape index (κ1) is 16.1. The maximum absolute atomic E-state index is 12.0. The Morgan fingerprint density at radius 2 is 1.96 bits per heavy atom. The quantitative estimate of drug-likeness (QED) is 0.510. The van der Waals surface area contributed by atoms with E-state index in [0.717, 1.165) is 10.4 Å². The molecule has 0 bridgehead atoms. The number of benzene rings is 1. The first-order chi connectivity index (χ1) is 11.6. The molecular weight excluding hydrogens is 324 g/mol. The van der Waals surface area contributed by atoms with Gasteiger partial charge in [0.05, 0.1) is 17.0 Å². The summed E-state index contributed by atoms with van der Waals surface area (Å²) in [7, 11) is 0.